The summed E-state index contributed by atoms with van der Waals surface area (Å²) in [6, 6.07) is 2.70. The van der Waals surface area contributed by atoms with Crippen LogP contribution in [0.3, 0.4) is 0 Å². The normalized spacial score (nSPS) is 11.8. The standard InChI is InChI=1S/C9H8ClF3O/c10-7-5-6(1-2-8(7)11)9(12,13)3-4-14/h1-2,5,14H,3-4H2. The smallest absolute Gasteiger partial charge is 0.275 e. The molecule has 0 aromatic heterocycles. The van der Waals surface area contributed by atoms with Gasteiger partial charge >= 0.3 is 0 Å². The van der Waals surface area contributed by atoms with Crippen molar-refractivity contribution in [2.24, 2.45) is 0 Å². The Kier molecular flexibility index (Phi) is 3.39. The molecular formula is C9H8ClF3O. The summed E-state index contributed by atoms with van der Waals surface area (Å²) in [6.45, 7) is -0.637. The van der Waals surface area contributed by atoms with Crippen LogP contribution in [0.2, 0.25) is 5.02 Å². The van der Waals surface area contributed by atoms with Gasteiger partial charge in [0.05, 0.1) is 5.02 Å². The Labute approximate surface area is 84.1 Å². The molecular weight excluding hydrogens is 217 g/mol. The fourth-order valence-electron chi connectivity index (χ4n) is 1.01. The maximum absolute atomic E-state index is 13.1. The molecule has 0 heterocycles. The Morgan fingerprint density at radius 2 is 2.00 bits per heavy atom. The predicted molar refractivity (Wildman–Crippen MR) is 47.0 cm³/mol. The molecule has 0 aliphatic rings. The van der Waals surface area contributed by atoms with E-state index in [4.69, 9.17) is 16.7 Å². The summed E-state index contributed by atoms with van der Waals surface area (Å²) >= 11 is 5.35. The van der Waals surface area contributed by atoms with Gasteiger partial charge in [0.15, 0.2) is 0 Å². The molecule has 0 aliphatic carbocycles. The zero-order valence-electron chi connectivity index (χ0n) is 7.11. The van der Waals surface area contributed by atoms with Crippen molar-refractivity contribution in [1.29, 1.82) is 0 Å². The Bertz CT molecular complexity index is 328. The second kappa shape index (κ2) is 4.19. The van der Waals surface area contributed by atoms with Gasteiger partial charge in [0.25, 0.3) is 5.92 Å². The number of aliphatic hydroxyl groups excluding tert-OH is 1. The van der Waals surface area contributed by atoms with Crippen molar-refractivity contribution in [1.82, 2.24) is 0 Å². The van der Waals surface area contributed by atoms with Crippen LogP contribution in [0.1, 0.15) is 12.0 Å². The van der Waals surface area contributed by atoms with E-state index in [-0.39, 0.29) is 5.02 Å². The van der Waals surface area contributed by atoms with E-state index in [1.807, 2.05) is 0 Å². The molecule has 78 valence electrons. The Balaban J connectivity index is 3.01. The van der Waals surface area contributed by atoms with Gasteiger partial charge in [-0.05, 0) is 12.1 Å². The van der Waals surface area contributed by atoms with Crippen LogP contribution < -0.4 is 0 Å². The SMILES string of the molecule is OCCC(F)(F)c1ccc(F)c(Cl)c1. The molecule has 0 radical (unpaired) electrons. The van der Waals surface area contributed by atoms with Crippen molar-refractivity contribution in [3.05, 3.63) is 34.6 Å². The summed E-state index contributed by atoms with van der Waals surface area (Å²) in [5.74, 6) is -3.92. The number of benzene rings is 1. The number of hydrogen-bond donors (Lipinski definition) is 1. The van der Waals surface area contributed by atoms with E-state index in [0.29, 0.717) is 0 Å². The first-order chi connectivity index (χ1) is 6.47. The fraction of sp³-hybridized carbons (Fsp3) is 0.333. The lowest BCUT2D eigenvalue weighted by Gasteiger charge is -2.15. The van der Waals surface area contributed by atoms with Crippen LogP contribution in [0.4, 0.5) is 13.2 Å². The van der Waals surface area contributed by atoms with Gasteiger partial charge in [0, 0.05) is 18.6 Å². The van der Waals surface area contributed by atoms with Gasteiger partial charge in [0.1, 0.15) is 5.82 Å². The summed E-state index contributed by atoms with van der Waals surface area (Å²) in [7, 11) is 0. The van der Waals surface area contributed by atoms with Crippen LogP contribution in [0.15, 0.2) is 18.2 Å². The maximum Gasteiger partial charge on any atom is 0.275 e. The third kappa shape index (κ3) is 2.39. The minimum Gasteiger partial charge on any atom is -0.396 e. The first-order valence-electron chi connectivity index (χ1n) is 3.91. The third-order valence-corrected chi connectivity index (χ3v) is 2.06. The van der Waals surface area contributed by atoms with Gasteiger partial charge in [-0.15, -0.1) is 0 Å². The first kappa shape index (κ1) is 11.3. The van der Waals surface area contributed by atoms with Crippen LogP contribution in [0.5, 0.6) is 0 Å². The van der Waals surface area contributed by atoms with Gasteiger partial charge in [-0.1, -0.05) is 17.7 Å². The fourth-order valence-corrected chi connectivity index (χ4v) is 1.19. The number of hydrogen-bond acceptors (Lipinski definition) is 1. The van der Waals surface area contributed by atoms with E-state index in [2.05, 4.69) is 0 Å². The second-order valence-electron chi connectivity index (χ2n) is 2.81. The monoisotopic (exact) mass is 224 g/mol. The van der Waals surface area contributed by atoms with Crippen LogP contribution in [0, 0.1) is 5.82 Å². The average molecular weight is 225 g/mol. The van der Waals surface area contributed by atoms with Gasteiger partial charge in [-0.3, -0.25) is 0 Å². The number of alkyl halides is 2. The summed E-state index contributed by atoms with van der Waals surface area (Å²) in [5, 5.41) is 8.05. The van der Waals surface area contributed by atoms with E-state index in [0.717, 1.165) is 18.2 Å². The molecule has 0 saturated heterocycles. The number of rotatable bonds is 3. The van der Waals surface area contributed by atoms with E-state index in [9.17, 15) is 13.2 Å². The second-order valence-corrected chi connectivity index (χ2v) is 3.21. The van der Waals surface area contributed by atoms with E-state index in [1.165, 1.54) is 0 Å². The van der Waals surface area contributed by atoms with Crippen molar-refractivity contribution < 1.29 is 18.3 Å². The van der Waals surface area contributed by atoms with Crippen LogP contribution >= 0.6 is 11.6 Å². The van der Waals surface area contributed by atoms with Crippen molar-refractivity contribution >= 4 is 11.6 Å². The van der Waals surface area contributed by atoms with Crippen LogP contribution in [-0.2, 0) is 5.92 Å². The molecule has 1 aromatic carbocycles. The van der Waals surface area contributed by atoms with Gasteiger partial charge in [-0.2, -0.15) is 0 Å². The molecule has 1 aromatic rings. The molecule has 14 heavy (non-hydrogen) atoms. The molecule has 1 rings (SSSR count). The molecule has 1 nitrogen and oxygen atoms in total. The predicted octanol–water partition coefficient (Wildman–Crippen LogP) is 2.95. The molecule has 1 N–H and O–H groups in total. The first-order valence-corrected chi connectivity index (χ1v) is 4.29. The molecule has 0 amide bonds. The summed E-state index contributed by atoms with van der Waals surface area (Å²) in [5.41, 5.74) is -0.391. The van der Waals surface area contributed by atoms with Crippen LogP contribution in [0.25, 0.3) is 0 Å². The molecule has 0 spiro atoms. The molecule has 0 atom stereocenters. The van der Waals surface area contributed by atoms with Crippen molar-refractivity contribution in [3.63, 3.8) is 0 Å². The van der Waals surface area contributed by atoms with E-state index >= 15 is 0 Å². The largest absolute Gasteiger partial charge is 0.396 e. The highest BCUT2D eigenvalue weighted by atomic mass is 35.5. The number of aliphatic hydroxyl groups is 1. The Hall–Kier alpha value is -0.740. The summed E-state index contributed by atoms with van der Waals surface area (Å²) < 4.78 is 38.9. The Morgan fingerprint density at radius 3 is 2.50 bits per heavy atom. The zero-order valence-corrected chi connectivity index (χ0v) is 7.86. The van der Waals surface area contributed by atoms with Crippen molar-refractivity contribution in [2.45, 2.75) is 12.3 Å². The Morgan fingerprint density at radius 1 is 1.36 bits per heavy atom. The average Bonchev–Trinajstić information content (AvgIpc) is 2.09. The van der Waals surface area contributed by atoms with Crippen LogP contribution in [-0.4, -0.2) is 11.7 Å². The molecule has 0 unspecified atom stereocenters. The van der Waals surface area contributed by atoms with Crippen molar-refractivity contribution in [2.75, 3.05) is 6.61 Å². The lowest BCUT2D eigenvalue weighted by atomic mass is 10.1. The highest BCUT2D eigenvalue weighted by Crippen LogP contribution is 2.33. The topological polar surface area (TPSA) is 20.2 Å². The van der Waals surface area contributed by atoms with E-state index < -0.39 is 30.3 Å². The molecule has 0 bridgehead atoms. The lowest BCUT2D eigenvalue weighted by Crippen LogP contribution is -2.15. The minimum absolute atomic E-state index is 0.347. The molecule has 5 heteroatoms. The van der Waals surface area contributed by atoms with Crippen molar-refractivity contribution in [3.8, 4) is 0 Å². The highest BCUT2D eigenvalue weighted by molar-refractivity contribution is 6.30. The molecule has 0 aliphatic heterocycles. The zero-order chi connectivity index (χ0) is 10.8. The molecule has 0 fully saturated rings. The van der Waals surface area contributed by atoms with Gasteiger partial charge in [-0.25, -0.2) is 13.2 Å². The van der Waals surface area contributed by atoms with E-state index in [1.54, 1.807) is 0 Å². The molecule has 0 saturated carbocycles. The quantitative estimate of drug-likeness (QED) is 0.837. The minimum atomic E-state index is -3.17. The van der Waals surface area contributed by atoms with Gasteiger partial charge in [0.2, 0.25) is 0 Å². The lowest BCUT2D eigenvalue weighted by molar-refractivity contribution is -0.0269. The third-order valence-electron chi connectivity index (χ3n) is 1.77. The highest BCUT2D eigenvalue weighted by Gasteiger charge is 2.31. The summed E-state index contributed by atoms with van der Waals surface area (Å²) in [4.78, 5) is 0. The van der Waals surface area contributed by atoms with Gasteiger partial charge < -0.3 is 5.11 Å². The maximum atomic E-state index is 13.1. The summed E-state index contributed by atoms with van der Waals surface area (Å²) in [6.07, 6.45) is -0.699. The number of halogens is 4.